The zero-order valence-electron chi connectivity index (χ0n) is 10.3. The normalized spacial score (nSPS) is 16.9. The highest BCUT2D eigenvalue weighted by molar-refractivity contribution is 7.13. The zero-order chi connectivity index (χ0) is 13.3. The van der Waals surface area contributed by atoms with Gasteiger partial charge in [-0.1, -0.05) is 0 Å². The average molecular weight is 278 g/mol. The molecule has 6 heteroatoms. The highest BCUT2D eigenvalue weighted by Crippen LogP contribution is 2.30. The standard InChI is InChI=1S/C13H14N2O3S/c16-11(14-8-13(17)4-2-5-13)9-7-19-12(15-9)10-3-1-6-18-10/h1,3,6-7,17H,2,4-5,8H2,(H,14,16). The quantitative estimate of drug-likeness (QED) is 0.897. The molecule has 2 heterocycles. The Hall–Kier alpha value is -1.66. The van der Waals surface area contributed by atoms with Gasteiger partial charge in [0.2, 0.25) is 0 Å². The summed E-state index contributed by atoms with van der Waals surface area (Å²) in [5, 5.41) is 15.0. The first kappa shape index (κ1) is 12.4. The van der Waals surface area contributed by atoms with Crippen LogP contribution in [0, 0.1) is 0 Å². The molecule has 2 aromatic rings. The molecule has 0 bridgehead atoms. The molecular weight excluding hydrogens is 264 g/mol. The first-order chi connectivity index (χ1) is 9.16. The van der Waals surface area contributed by atoms with Gasteiger partial charge in [-0.25, -0.2) is 4.98 Å². The summed E-state index contributed by atoms with van der Waals surface area (Å²) in [5.74, 6) is 0.399. The van der Waals surface area contributed by atoms with E-state index >= 15 is 0 Å². The van der Waals surface area contributed by atoms with Crippen LogP contribution in [0.1, 0.15) is 29.8 Å². The molecule has 19 heavy (non-hydrogen) atoms. The number of hydrogen-bond donors (Lipinski definition) is 2. The van der Waals surface area contributed by atoms with E-state index in [1.54, 1.807) is 23.8 Å². The fourth-order valence-corrected chi connectivity index (χ4v) is 2.75. The Morgan fingerprint density at radius 1 is 1.58 bits per heavy atom. The topological polar surface area (TPSA) is 75.4 Å². The zero-order valence-corrected chi connectivity index (χ0v) is 11.1. The molecule has 0 atom stereocenters. The summed E-state index contributed by atoms with van der Waals surface area (Å²) in [6.07, 6.45) is 4.10. The van der Waals surface area contributed by atoms with Gasteiger partial charge < -0.3 is 14.8 Å². The predicted molar refractivity (Wildman–Crippen MR) is 71.0 cm³/mol. The second-order valence-corrected chi connectivity index (χ2v) is 5.63. The number of nitrogens with zero attached hydrogens (tertiary/aromatic N) is 1. The maximum Gasteiger partial charge on any atom is 0.270 e. The van der Waals surface area contributed by atoms with Gasteiger partial charge in [-0.3, -0.25) is 4.79 Å². The Morgan fingerprint density at radius 2 is 2.42 bits per heavy atom. The molecule has 1 aliphatic rings. The van der Waals surface area contributed by atoms with Crippen LogP contribution < -0.4 is 5.32 Å². The number of rotatable bonds is 4. The monoisotopic (exact) mass is 278 g/mol. The van der Waals surface area contributed by atoms with Crippen molar-refractivity contribution in [2.45, 2.75) is 24.9 Å². The molecule has 2 aromatic heterocycles. The van der Waals surface area contributed by atoms with Gasteiger partial charge in [-0.15, -0.1) is 11.3 Å². The van der Waals surface area contributed by atoms with Crippen LogP contribution in [-0.2, 0) is 0 Å². The fraction of sp³-hybridized carbons (Fsp3) is 0.385. The largest absolute Gasteiger partial charge is 0.462 e. The molecule has 1 fully saturated rings. The molecule has 1 amide bonds. The van der Waals surface area contributed by atoms with Crippen LogP contribution >= 0.6 is 11.3 Å². The van der Waals surface area contributed by atoms with Gasteiger partial charge in [0.1, 0.15) is 5.69 Å². The first-order valence-corrected chi connectivity index (χ1v) is 7.04. The maximum atomic E-state index is 11.9. The molecule has 100 valence electrons. The Morgan fingerprint density at radius 3 is 3.05 bits per heavy atom. The number of hydrogen-bond acceptors (Lipinski definition) is 5. The highest BCUT2D eigenvalue weighted by Gasteiger charge is 2.34. The van der Waals surface area contributed by atoms with Crippen molar-refractivity contribution in [2.24, 2.45) is 0 Å². The van der Waals surface area contributed by atoms with Crippen LogP contribution in [0.3, 0.4) is 0 Å². The van der Waals surface area contributed by atoms with Crippen LogP contribution in [0.25, 0.3) is 10.8 Å². The van der Waals surface area contributed by atoms with Crippen LogP contribution in [0.2, 0.25) is 0 Å². The molecule has 0 saturated heterocycles. The van der Waals surface area contributed by atoms with Crippen molar-refractivity contribution in [1.82, 2.24) is 10.3 Å². The van der Waals surface area contributed by atoms with Crippen LogP contribution in [0.15, 0.2) is 28.2 Å². The van der Waals surface area contributed by atoms with E-state index in [1.165, 1.54) is 11.3 Å². The summed E-state index contributed by atoms with van der Waals surface area (Å²) in [4.78, 5) is 16.1. The SMILES string of the molecule is O=C(NCC1(O)CCC1)c1csc(-c2ccco2)n1. The second-order valence-electron chi connectivity index (χ2n) is 4.78. The van der Waals surface area contributed by atoms with E-state index in [2.05, 4.69) is 10.3 Å². The van der Waals surface area contributed by atoms with Crippen molar-refractivity contribution >= 4 is 17.2 Å². The Kier molecular flexibility index (Phi) is 3.12. The number of thiazole rings is 1. The molecular formula is C13H14N2O3S. The third kappa shape index (κ3) is 2.54. The van der Waals surface area contributed by atoms with Gasteiger partial charge in [-0.2, -0.15) is 0 Å². The van der Waals surface area contributed by atoms with Crippen molar-refractivity contribution in [3.63, 3.8) is 0 Å². The van der Waals surface area contributed by atoms with E-state index in [-0.39, 0.29) is 5.91 Å². The third-order valence-corrected chi connectivity index (χ3v) is 4.19. The van der Waals surface area contributed by atoms with Crippen LogP contribution in [0.4, 0.5) is 0 Å². The summed E-state index contributed by atoms with van der Waals surface area (Å²) in [6.45, 7) is 0.291. The van der Waals surface area contributed by atoms with E-state index < -0.39 is 5.60 Å². The van der Waals surface area contributed by atoms with Crippen LogP contribution in [-0.4, -0.2) is 28.1 Å². The van der Waals surface area contributed by atoms with Crippen molar-refractivity contribution in [3.8, 4) is 10.8 Å². The molecule has 1 saturated carbocycles. The van der Waals surface area contributed by atoms with Gasteiger partial charge in [0, 0.05) is 11.9 Å². The lowest BCUT2D eigenvalue weighted by Crippen LogP contribution is -2.47. The molecule has 1 aliphatic carbocycles. The lowest BCUT2D eigenvalue weighted by molar-refractivity contribution is -0.0300. The molecule has 0 unspecified atom stereocenters. The smallest absolute Gasteiger partial charge is 0.270 e. The highest BCUT2D eigenvalue weighted by atomic mass is 32.1. The molecule has 5 nitrogen and oxygen atoms in total. The van der Waals surface area contributed by atoms with Gasteiger partial charge >= 0.3 is 0 Å². The summed E-state index contributed by atoms with van der Waals surface area (Å²) < 4.78 is 5.23. The number of aromatic nitrogens is 1. The van der Waals surface area contributed by atoms with Gasteiger partial charge in [-0.05, 0) is 31.4 Å². The predicted octanol–water partition coefficient (Wildman–Crippen LogP) is 2.05. The molecule has 3 rings (SSSR count). The van der Waals surface area contributed by atoms with E-state index in [0.29, 0.717) is 23.0 Å². The van der Waals surface area contributed by atoms with Gasteiger partial charge in [0.15, 0.2) is 10.8 Å². The summed E-state index contributed by atoms with van der Waals surface area (Å²) in [6, 6.07) is 3.58. The van der Waals surface area contributed by atoms with E-state index in [1.807, 2.05) is 0 Å². The van der Waals surface area contributed by atoms with Gasteiger partial charge in [0.05, 0.1) is 11.9 Å². The van der Waals surface area contributed by atoms with E-state index in [9.17, 15) is 9.90 Å². The first-order valence-electron chi connectivity index (χ1n) is 6.16. The Bertz CT molecular complexity index is 572. The minimum absolute atomic E-state index is 0.255. The fourth-order valence-electron chi connectivity index (χ4n) is 1.99. The Balaban J connectivity index is 1.64. The molecule has 0 radical (unpaired) electrons. The second kappa shape index (κ2) is 4.79. The van der Waals surface area contributed by atoms with Crippen molar-refractivity contribution in [2.75, 3.05) is 6.54 Å². The number of carbonyl (C=O) groups is 1. The van der Waals surface area contributed by atoms with Crippen molar-refractivity contribution in [1.29, 1.82) is 0 Å². The van der Waals surface area contributed by atoms with Crippen molar-refractivity contribution < 1.29 is 14.3 Å². The summed E-state index contributed by atoms with van der Waals surface area (Å²) in [5.41, 5.74) is -0.352. The number of aliphatic hydroxyl groups is 1. The van der Waals surface area contributed by atoms with Crippen molar-refractivity contribution in [3.05, 3.63) is 29.5 Å². The molecule has 0 spiro atoms. The minimum atomic E-state index is -0.713. The van der Waals surface area contributed by atoms with Gasteiger partial charge in [0.25, 0.3) is 5.91 Å². The third-order valence-electron chi connectivity index (χ3n) is 3.33. The molecule has 0 aliphatic heterocycles. The lowest BCUT2D eigenvalue weighted by atomic mass is 9.80. The molecule has 2 N–H and O–H groups in total. The number of nitrogens with one attached hydrogen (secondary N) is 1. The number of furan rings is 1. The lowest BCUT2D eigenvalue weighted by Gasteiger charge is -2.36. The number of amides is 1. The van der Waals surface area contributed by atoms with Crippen LogP contribution in [0.5, 0.6) is 0 Å². The maximum absolute atomic E-state index is 11.9. The Labute approximate surface area is 114 Å². The summed E-state index contributed by atoms with van der Waals surface area (Å²) in [7, 11) is 0. The molecule has 0 aromatic carbocycles. The van der Waals surface area contributed by atoms with E-state index in [4.69, 9.17) is 4.42 Å². The number of carbonyl (C=O) groups excluding carboxylic acids is 1. The summed E-state index contributed by atoms with van der Waals surface area (Å²) >= 11 is 1.36. The minimum Gasteiger partial charge on any atom is -0.462 e. The average Bonchev–Trinajstić information content (AvgIpc) is 3.02. The van der Waals surface area contributed by atoms with E-state index in [0.717, 1.165) is 19.3 Å².